The Bertz CT molecular complexity index is 530. The number of hydrogen-bond donors (Lipinski definition) is 0. The minimum atomic E-state index is -4.28. The van der Waals surface area contributed by atoms with Gasteiger partial charge in [0.2, 0.25) is 5.91 Å². The van der Waals surface area contributed by atoms with Gasteiger partial charge in [0.1, 0.15) is 0 Å². The molecule has 1 aromatic carbocycles. The highest BCUT2D eigenvalue weighted by atomic mass is 19.4. The Labute approximate surface area is 128 Å². The van der Waals surface area contributed by atoms with Crippen molar-refractivity contribution in [1.29, 1.82) is 0 Å². The molecule has 1 aliphatic rings. The number of nitrogens with zero attached hydrogens (tertiary/aromatic N) is 2. The number of halogens is 3. The fourth-order valence-electron chi connectivity index (χ4n) is 2.78. The summed E-state index contributed by atoms with van der Waals surface area (Å²) in [6, 6.07) is 8.27. The van der Waals surface area contributed by atoms with Crippen LogP contribution in [0.15, 0.2) is 24.3 Å². The molecule has 1 atom stereocenters. The molecule has 122 valence electrons. The number of carbonyl (C=O) groups excluding carboxylic acids is 1. The largest absolute Gasteiger partial charge is 0.389 e. The maximum atomic E-state index is 12.2. The Morgan fingerprint density at radius 3 is 2.59 bits per heavy atom. The van der Waals surface area contributed by atoms with Gasteiger partial charge >= 0.3 is 6.18 Å². The first-order valence-electron chi connectivity index (χ1n) is 7.34. The number of benzene rings is 1. The Kier molecular flexibility index (Phi) is 5.11. The van der Waals surface area contributed by atoms with E-state index >= 15 is 0 Å². The van der Waals surface area contributed by atoms with E-state index < -0.39 is 24.9 Å². The lowest BCUT2D eigenvalue weighted by Crippen LogP contribution is -2.46. The van der Waals surface area contributed by atoms with Crippen LogP contribution in [-0.4, -0.2) is 48.6 Å². The monoisotopic (exact) mass is 314 g/mol. The number of amides is 1. The summed E-state index contributed by atoms with van der Waals surface area (Å²) in [5.41, 5.74) is 2.52. The van der Waals surface area contributed by atoms with Gasteiger partial charge in [0.15, 0.2) is 0 Å². The second-order valence-electron chi connectivity index (χ2n) is 5.93. The minimum absolute atomic E-state index is 0.134. The van der Waals surface area contributed by atoms with Crippen molar-refractivity contribution in [3.8, 4) is 0 Å². The van der Waals surface area contributed by atoms with Crippen molar-refractivity contribution in [3.05, 3.63) is 35.4 Å². The molecular formula is C16H21F3N2O. The van der Waals surface area contributed by atoms with E-state index in [0.717, 1.165) is 13.0 Å². The molecular weight excluding hydrogens is 293 g/mol. The summed E-state index contributed by atoms with van der Waals surface area (Å²) in [6.07, 6.45) is -5.01. The van der Waals surface area contributed by atoms with Crippen molar-refractivity contribution in [3.63, 3.8) is 0 Å². The van der Waals surface area contributed by atoms with Gasteiger partial charge in [-0.3, -0.25) is 9.69 Å². The van der Waals surface area contributed by atoms with Gasteiger partial charge in [-0.25, -0.2) is 0 Å². The molecule has 0 N–H and O–H groups in total. The van der Waals surface area contributed by atoms with Gasteiger partial charge in [-0.05, 0) is 24.6 Å². The Morgan fingerprint density at radius 2 is 1.95 bits per heavy atom. The standard InChI is InChI=1S/C16H21F3N2O/c1-20-10-13-6-4-3-5-12(13)9-14(20)11-21(2)15(22)7-8-16(17,18)19/h3-6,14H,7-11H2,1-2H3. The van der Waals surface area contributed by atoms with E-state index in [9.17, 15) is 18.0 Å². The SMILES string of the molecule is CN(CC1Cc2ccccc2CN1C)C(=O)CCC(F)(F)F. The molecule has 1 amide bonds. The predicted molar refractivity (Wildman–Crippen MR) is 78.3 cm³/mol. The highest BCUT2D eigenvalue weighted by molar-refractivity contribution is 5.75. The molecule has 6 heteroatoms. The van der Waals surface area contributed by atoms with Gasteiger partial charge in [-0.15, -0.1) is 0 Å². The molecule has 1 unspecified atom stereocenters. The number of carbonyl (C=O) groups is 1. The average molecular weight is 314 g/mol. The molecule has 2 rings (SSSR count). The number of fused-ring (bicyclic) bond motifs is 1. The van der Waals surface area contributed by atoms with E-state index in [-0.39, 0.29) is 6.04 Å². The molecule has 0 spiro atoms. The fraction of sp³-hybridized carbons (Fsp3) is 0.562. The summed E-state index contributed by atoms with van der Waals surface area (Å²) in [4.78, 5) is 15.4. The van der Waals surface area contributed by atoms with Crippen molar-refractivity contribution in [2.45, 2.75) is 38.0 Å². The predicted octanol–water partition coefficient (Wildman–Crippen LogP) is 2.84. The molecule has 22 heavy (non-hydrogen) atoms. The first-order chi connectivity index (χ1) is 10.3. The number of rotatable bonds is 4. The highest BCUT2D eigenvalue weighted by Crippen LogP contribution is 2.24. The van der Waals surface area contributed by atoms with Crippen LogP contribution in [0.25, 0.3) is 0 Å². The van der Waals surface area contributed by atoms with Crippen molar-refractivity contribution < 1.29 is 18.0 Å². The molecule has 1 heterocycles. The zero-order chi connectivity index (χ0) is 16.3. The molecule has 0 radical (unpaired) electrons. The second kappa shape index (κ2) is 6.69. The van der Waals surface area contributed by atoms with Crippen LogP contribution >= 0.6 is 0 Å². The lowest BCUT2D eigenvalue weighted by atomic mass is 9.94. The normalized spacial score (nSPS) is 18.9. The van der Waals surface area contributed by atoms with E-state index in [2.05, 4.69) is 17.0 Å². The molecule has 1 aromatic rings. The van der Waals surface area contributed by atoms with Gasteiger partial charge in [-0.2, -0.15) is 13.2 Å². The lowest BCUT2D eigenvalue weighted by molar-refractivity contribution is -0.148. The highest BCUT2D eigenvalue weighted by Gasteiger charge is 2.30. The van der Waals surface area contributed by atoms with Crippen molar-refractivity contribution in [2.24, 2.45) is 0 Å². The van der Waals surface area contributed by atoms with Crippen LogP contribution in [0.3, 0.4) is 0 Å². The third kappa shape index (κ3) is 4.47. The zero-order valence-corrected chi connectivity index (χ0v) is 12.9. The number of likely N-dealkylation sites (N-methyl/N-ethyl adjacent to an activating group) is 2. The van der Waals surface area contributed by atoms with Crippen molar-refractivity contribution >= 4 is 5.91 Å². The third-order valence-electron chi connectivity index (χ3n) is 4.15. The molecule has 1 aliphatic heterocycles. The molecule has 0 aromatic heterocycles. The first kappa shape index (κ1) is 16.8. The van der Waals surface area contributed by atoms with Gasteiger partial charge in [0.25, 0.3) is 0 Å². The average Bonchev–Trinajstić information content (AvgIpc) is 2.44. The lowest BCUT2D eigenvalue weighted by Gasteiger charge is -2.36. The summed E-state index contributed by atoms with van der Waals surface area (Å²) >= 11 is 0. The first-order valence-corrected chi connectivity index (χ1v) is 7.34. The Morgan fingerprint density at radius 1 is 1.32 bits per heavy atom. The zero-order valence-electron chi connectivity index (χ0n) is 12.9. The summed E-state index contributed by atoms with van der Waals surface area (Å²) in [5, 5.41) is 0. The minimum Gasteiger partial charge on any atom is -0.344 e. The summed E-state index contributed by atoms with van der Waals surface area (Å²) in [7, 11) is 3.56. The summed E-state index contributed by atoms with van der Waals surface area (Å²) in [6.45, 7) is 1.24. The molecule has 0 saturated carbocycles. The van der Waals surface area contributed by atoms with Crippen LogP contribution < -0.4 is 0 Å². The van der Waals surface area contributed by atoms with Crippen molar-refractivity contribution in [1.82, 2.24) is 9.80 Å². The van der Waals surface area contributed by atoms with Crippen LogP contribution in [0.1, 0.15) is 24.0 Å². The Balaban J connectivity index is 1.92. The maximum absolute atomic E-state index is 12.2. The third-order valence-corrected chi connectivity index (χ3v) is 4.15. The number of hydrogen-bond acceptors (Lipinski definition) is 2. The van der Waals surface area contributed by atoms with E-state index in [1.165, 1.54) is 16.0 Å². The van der Waals surface area contributed by atoms with Crippen LogP contribution in [0.5, 0.6) is 0 Å². The molecule has 3 nitrogen and oxygen atoms in total. The van der Waals surface area contributed by atoms with E-state index in [1.807, 2.05) is 19.2 Å². The maximum Gasteiger partial charge on any atom is 0.389 e. The van der Waals surface area contributed by atoms with E-state index in [4.69, 9.17) is 0 Å². The smallest absolute Gasteiger partial charge is 0.344 e. The quantitative estimate of drug-likeness (QED) is 0.853. The van der Waals surface area contributed by atoms with Crippen molar-refractivity contribution in [2.75, 3.05) is 20.6 Å². The fourth-order valence-corrected chi connectivity index (χ4v) is 2.78. The number of alkyl halides is 3. The van der Waals surface area contributed by atoms with Gasteiger partial charge < -0.3 is 4.90 Å². The Hall–Kier alpha value is -1.56. The molecule has 0 aliphatic carbocycles. The summed E-state index contributed by atoms with van der Waals surface area (Å²) < 4.78 is 36.6. The van der Waals surface area contributed by atoms with Crippen LogP contribution in [-0.2, 0) is 17.8 Å². The van der Waals surface area contributed by atoms with Gasteiger partial charge in [-0.1, -0.05) is 24.3 Å². The molecule has 0 fully saturated rings. The van der Waals surface area contributed by atoms with E-state index in [1.54, 1.807) is 7.05 Å². The molecule has 0 bridgehead atoms. The molecule has 0 saturated heterocycles. The van der Waals surface area contributed by atoms with Gasteiger partial charge in [0, 0.05) is 32.6 Å². The van der Waals surface area contributed by atoms with Crippen LogP contribution in [0, 0.1) is 0 Å². The second-order valence-corrected chi connectivity index (χ2v) is 5.93. The summed E-state index contributed by atoms with van der Waals surface area (Å²) in [5.74, 6) is -0.454. The van der Waals surface area contributed by atoms with E-state index in [0.29, 0.717) is 6.54 Å². The topological polar surface area (TPSA) is 23.6 Å². The van der Waals surface area contributed by atoms with Crippen LogP contribution in [0.4, 0.5) is 13.2 Å². The van der Waals surface area contributed by atoms with Crippen LogP contribution in [0.2, 0.25) is 0 Å². The van der Waals surface area contributed by atoms with Gasteiger partial charge in [0.05, 0.1) is 6.42 Å².